The number of aliphatic hydroxyl groups excluding tert-OH is 1. The molecule has 5 amide bonds. The van der Waals surface area contributed by atoms with E-state index in [1.165, 1.54) is 12.5 Å². The summed E-state index contributed by atoms with van der Waals surface area (Å²) in [6.45, 7) is 10.3. The lowest BCUT2D eigenvalue weighted by molar-refractivity contribution is -0.199. The van der Waals surface area contributed by atoms with E-state index in [0.29, 0.717) is 30.9 Å². The average Bonchev–Trinajstić information content (AvgIpc) is 3.61. The largest absolute Gasteiger partial charge is 0.497 e. The summed E-state index contributed by atoms with van der Waals surface area (Å²) < 4.78 is 12.5. The van der Waals surface area contributed by atoms with E-state index in [2.05, 4.69) is 71.6 Å². The number of carbonyl (C=O) groups excluding carboxylic acids is 5. The smallest absolute Gasteiger partial charge is 0.403 e. The zero-order valence-corrected chi connectivity index (χ0v) is 36.8. The molecular formula is C44H68BN9O8. The molecule has 0 spiro atoms. The summed E-state index contributed by atoms with van der Waals surface area (Å²) in [5.74, 6) is -3.02. The number of hydrogen-bond donors (Lipinski definition) is 10. The molecule has 10 atom stereocenters. The molecule has 4 aliphatic rings. The van der Waals surface area contributed by atoms with Crippen LogP contribution in [0.15, 0.2) is 48.5 Å². The van der Waals surface area contributed by atoms with E-state index in [9.17, 15) is 29.1 Å². The molecule has 17 nitrogen and oxygen atoms in total. The van der Waals surface area contributed by atoms with Gasteiger partial charge in [-0.2, -0.15) is 0 Å². The van der Waals surface area contributed by atoms with Gasteiger partial charge < -0.3 is 63.9 Å². The fourth-order valence-corrected chi connectivity index (χ4v) is 9.11. The number of aryl methyl sites for hydroxylation is 1. The van der Waals surface area contributed by atoms with Gasteiger partial charge in [-0.25, -0.2) is 0 Å². The molecule has 3 saturated carbocycles. The number of aliphatic hydroxyl groups is 1. The van der Waals surface area contributed by atoms with Crippen molar-refractivity contribution >= 4 is 36.7 Å². The molecule has 1 saturated heterocycles. The molecule has 6 rings (SSSR count). The molecule has 18 heteroatoms. The molecular weight excluding hydrogens is 793 g/mol. The van der Waals surface area contributed by atoms with Gasteiger partial charge in [0.05, 0.1) is 17.8 Å². The third-order valence-electron chi connectivity index (χ3n) is 13.1. The molecule has 2 aromatic carbocycles. The van der Waals surface area contributed by atoms with Crippen molar-refractivity contribution in [1.29, 1.82) is 0 Å². The van der Waals surface area contributed by atoms with Crippen LogP contribution in [0, 0.1) is 17.3 Å². The van der Waals surface area contributed by atoms with Gasteiger partial charge >= 0.3 is 7.12 Å². The number of carbonyl (C=O) groups is 5. The number of amides is 5. The Morgan fingerprint density at radius 1 is 0.774 bits per heavy atom. The Morgan fingerprint density at radius 3 is 2.00 bits per heavy atom. The minimum absolute atomic E-state index is 0.0103. The van der Waals surface area contributed by atoms with Crippen molar-refractivity contribution < 1.29 is 38.4 Å². The summed E-state index contributed by atoms with van der Waals surface area (Å²) in [4.78, 5) is 67.1. The highest BCUT2D eigenvalue weighted by molar-refractivity contribution is 6.47. The molecule has 1 aliphatic heterocycles. The van der Waals surface area contributed by atoms with E-state index in [1.807, 2.05) is 19.1 Å². The number of hydrogen-bond acceptors (Lipinski definition) is 12. The second-order valence-electron chi connectivity index (χ2n) is 17.9. The number of nitrogens with one attached hydrogen (secondary N) is 5. The Balaban J connectivity index is 1.15. The zero-order chi connectivity index (χ0) is 45.4. The normalized spacial score (nSPS) is 23.9. The van der Waals surface area contributed by atoms with Crippen LogP contribution in [0.3, 0.4) is 0 Å². The summed E-state index contributed by atoms with van der Waals surface area (Å²) in [5.41, 5.74) is 27.0. The van der Waals surface area contributed by atoms with Crippen LogP contribution in [0.4, 0.5) is 0 Å². The van der Waals surface area contributed by atoms with Gasteiger partial charge in [0.15, 0.2) is 6.17 Å². The Hall–Kier alpha value is -4.43. The lowest BCUT2D eigenvalue weighted by atomic mass is 9.43. The van der Waals surface area contributed by atoms with E-state index >= 15 is 0 Å². The molecule has 0 aromatic heterocycles. The fourth-order valence-electron chi connectivity index (χ4n) is 9.11. The molecule has 4 fully saturated rings. The maximum absolute atomic E-state index is 13.6. The highest BCUT2D eigenvalue weighted by Crippen LogP contribution is 2.65. The number of rotatable bonds is 22. The lowest BCUT2D eigenvalue weighted by Gasteiger charge is -2.64. The Kier molecular flexibility index (Phi) is 16.7. The first-order valence-electron chi connectivity index (χ1n) is 22.1. The monoisotopic (exact) mass is 862 g/mol. The van der Waals surface area contributed by atoms with E-state index in [-0.39, 0.29) is 36.8 Å². The molecule has 0 radical (unpaired) electrons. The molecule has 2 bridgehead atoms. The standard InChI is InChI=1S/C44H68BN9O8/c1-6-7-10-26-12-14-27(15-13-26)28-16-18-29(19-17-28)37(56)50-31(11-8-9-21-46)38(57)52-35(25(2)55)40(59)53-36(48)41(60)51-32(20-22-47)39(58)54-42(49)45-61-34-24-30-23-33(43(30,3)4)44(34,5)62-45/h12-19,25,30-36,42,55H,6-11,20-24,46-49H2,1-5H3,(H,50,56)(H,51,60)(H,52,57)(H,53,59)(H,54,58)/t25?,30-,31-,32-,33-,34?,35-,36+,42+,44-/m0/s1. The van der Waals surface area contributed by atoms with Crippen molar-refractivity contribution in [3.8, 4) is 11.1 Å². The quantitative estimate of drug-likeness (QED) is 0.0445. The lowest BCUT2D eigenvalue weighted by Crippen LogP contribution is -2.65. The molecule has 1 heterocycles. The van der Waals surface area contributed by atoms with Crippen molar-refractivity contribution in [3.05, 3.63) is 59.7 Å². The highest BCUT2D eigenvalue weighted by atomic mass is 16.7. The van der Waals surface area contributed by atoms with Crippen LogP contribution >= 0.6 is 0 Å². The van der Waals surface area contributed by atoms with Crippen LogP contribution in [-0.2, 0) is 34.9 Å². The van der Waals surface area contributed by atoms with Crippen LogP contribution in [0.1, 0.15) is 102 Å². The highest BCUT2D eigenvalue weighted by Gasteiger charge is 2.68. The predicted molar refractivity (Wildman–Crippen MR) is 236 cm³/mol. The summed E-state index contributed by atoms with van der Waals surface area (Å²) in [5, 5.41) is 23.3. The average molecular weight is 862 g/mol. The summed E-state index contributed by atoms with van der Waals surface area (Å²) in [6.07, 6.45) is 3.11. The van der Waals surface area contributed by atoms with Crippen LogP contribution in [0.2, 0.25) is 0 Å². The topological polar surface area (TPSA) is 288 Å². The number of nitrogens with two attached hydrogens (primary N) is 4. The van der Waals surface area contributed by atoms with Crippen molar-refractivity contribution in [2.45, 2.75) is 141 Å². The first-order valence-corrected chi connectivity index (χ1v) is 22.1. The van der Waals surface area contributed by atoms with E-state index < -0.39 is 78.7 Å². The predicted octanol–water partition coefficient (Wildman–Crippen LogP) is 0.692. The molecule has 340 valence electrons. The van der Waals surface area contributed by atoms with Crippen LogP contribution in [0.25, 0.3) is 11.1 Å². The van der Waals surface area contributed by atoms with Gasteiger partial charge in [-0.05, 0) is 124 Å². The third kappa shape index (κ3) is 11.4. The Labute approximate surface area is 365 Å². The molecule has 3 aliphatic carbocycles. The van der Waals surface area contributed by atoms with Gasteiger partial charge in [0.25, 0.3) is 11.8 Å². The van der Waals surface area contributed by atoms with E-state index in [0.717, 1.165) is 43.2 Å². The van der Waals surface area contributed by atoms with Gasteiger partial charge in [0.1, 0.15) is 24.2 Å². The maximum Gasteiger partial charge on any atom is 0.497 e. The van der Waals surface area contributed by atoms with Gasteiger partial charge in [-0.15, -0.1) is 0 Å². The van der Waals surface area contributed by atoms with E-state index in [1.54, 1.807) is 12.1 Å². The minimum Gasteiger partial charge on any atom is -0.403 e. The fraction of sp³-hybridized carbons (Fsp3) is 0.614. The van der Waals surface area contributed by atoms with Crippen LogP contribution in [-0.4, -0.2) is 103 Å². The Bertz CT molecular complexity index is 1870. The van der Waals surface area contributed by atoms with Crippen molar-refractivity contribution in [2.75, 3.05) is 13.1 Å². The molecule has 2 aromatic rings. The van der Waals surface area contributed by atoms with Crippen molar-refractivity contribution in [1.82, 2.24) is 26.6 Å². The van der Waals surface area contributed by atoms with Crippen LogP contribution < -0.4 is 49.5 Å². The Morgan fingerprint density at radius 2 is 1.40 bits per heavy atom. The first kappa shape index (κ1) is 48.6. The van der Waals surface area contributed by atoms with Gasteiger partial charge in [0, 0.05) is 5.56 Å². The molecule has 2 unspecified atom stereocenters. The third-order valence-corrected chi connectivity index (χ3v) is 13.1. The maximum atomic E-state index is 13.6. The van der Waals surface area contributed by atoms with Gasteiger partial charge in [0.2, 0.25) is 17.7 Å². The molecule has 14 N–H and O–H groups in total. The van der Waals surface area contributed by atoms with E-state index in [4.69, 9.17) is 32.2 Å². The summed E-state index contributed by atoms with van der Waals surface area (Å²) in [7, 11) is -0.906. The summed E-state index contributed by atoms with van der Waals surface area (Å²) >= 11 is 0. The SMILES string of the molecule is CCCCc1ccc(-c2ccc(C(=O)N[C@@H](CCCCN)C(=O)N[C@H](C(=O)N[C@@H](N)C(=O)N[C@@H](CCN)C(=O)N[C@@H](N)B3OC4C[C@@H]5C[C@@H](C5(C)C)[C@]4(C)O3)C(C)O)cc2)cc1. The second-order valence-corrected chi connectivity index (χ2v) is 17.9. The minimum atomic E-state index is -1.70. The first-order chi connectivity index (χ1) is 29.4. The van der Waals surface area contributed by atoms with Gasteiger partial charge in [-0.1, -0.05) is 63.6 Å². The van der Waals surface area contributed by atoms with Crippen molar-refractivity contribution in [3.63, 3.8) is 0 Å². The molecule has 62 heavy (non-hydrogen) atoms. The number of benzene rings is 2. The zero-order valence-electron chi connectivity index (χ0n) is 36.8. The van der Waals surface area contributed by atoms with Crippen molar-refractivity contribution in [2.24, 2.45) is 40.2 Å². The van der Waals surface area contributed by atoms with Crippen LogP contribution in [0.5, 0.6) is 0 Å². The van der Waals surface area contributed by atoms with Gasteiger partial charge in [-0.3, -0.25) is 24.0 Å². The second kappa shape index (κ2) is 21.3. The number of unbranched alkanes of at least 4 members (excludes halogenated alkanes) is 2. The summed E-state index contributed by atoms with van der Waals surface area (Å²) in [6, 6.07) is 10.4.